The van der Waals surface area contributed by atoms with Gasteiger partial charge in [-0.25, -0.2) is 13.1 Å². The molecule has 0 spiro atoms. The molecule has 0 radical (unpaired) electrons. The maximum absolute atomic E-state index is 12.2. The number of sulfonamides is 1. The molecule has 0 aliphatic rings. The highest BCUT2D eigenvalue weighted by Crippen LogP contribution is 2.09. The molecule has 0 saturated heterocycles. The molecule has 0 bridgehead atoms. The molecule has 3 N–H and O–H groups in total. The predicted octanol–water partition coefficient (Wildman–Crippen LogP) is 0.545. The zero-order valence-corrected chi connectivity index (χ0v) is 13.5. The van der Waals surface area contributed by atoms with Crippen LogP contribution < -0.4 is 10.5 Å². The van der Waals surface area contributed by atoms with Crippen LogP contribution in [0.4, 0.5) is 0 Å². The van der Waals surface area contributed by atoms with Crippen molar-refractivity contribution in [3.8, 4) is 0 Å². The summed E-state index contributed by atoms with van der Waals surface area (Å²) in [5.41, 5.74) is 6.91. The van der Waals surface area contributed by atoms with Crippen molar-refractivity contribution in [2.45, 2.75) is 26.4 Å². The second kappa shape index (κ2) is 7.53. The number of carbonyl (C=O) groups excluding carboxylic acids is 1. The number of hydrogen-bond donors (Lipinski definition) is 2. The van der Waals surface area contributed by atoms with Crippen molar-refractivity contribution in [1.29, 1.82) is 0 Å². The van der Waals surface area contributed by atoms with E-state index in [9.17, 15) is 13.2 Å². The third-order valence-corrected chi connectivity index (χ3v) is 4.74. The van der Waals surface area contributed by atoms with E-state index in [1.165, 1.54) is 0 Å². The summed E-state index contributed by atoms with van der Waals surface area (Å²) >= 11 is 0. The first-order valence-electron chi connectivity index (χ1n) is 6.84. The van der Waals surface area contributed by atoms with Gasteiger partial charge in [-0.2, -0.15) is 0 Å². The topological polar surface area (TPSA) is 92.5 Å². The summed E-state index contributed by atoms with van der Waals surface area (Å²) in [7, 11) is -1.50. The van der Waals surface area contributed by atoms with Crippen molar-refractivity contribution in [2.24, 2.45) is 5.73 Å². The Balaban J connectivity index is 2.72. The van der Waals surface area contributed by atoms with E-state index >= 15 is 0 Å². The molecule has 1 rings (SSSR count). The summed E-state index contributed by atoms with van der Waals surface area (Å²) in [5, 5.41) is 0. The smallest absolute Gasteiger partial charge is 0.253 e. The highest BCUT2D eigenvalue weighted by Gasteiger charge is 2.16. The Kier molecular flexibility index (Phi) is 6.32. The Bertz CT molecular complexity index is 570. The van der Waals surface area contributed by atoms with Gasteiger partial charge < -0.3 is 10.6 Å². The number of likely N-dealkylation sites (N-methyl/N-ethyl adjacent to an activating group) is 1. The Morgan fingerprint density at radius 1 is 1.33 bits per heavy atom. The minimum Gasteiger partial charge on any atom is -0.338 e. The van der Waals surface area contributed by atoms with Crippen LogP contribution in [0.2, 0.25) is 0 Å². The maximum Gasteiger partial charge on any atom is 0.253 e. The Morgan fingerprint density at radius 2 is 1.90 bits per heavy atom. The Morgan fingerprint density at radius 3 is 2.38 bits per heavy atom. The average molecular weight is 313 g/mol. The van der Waals surface area contributed by atoms with Gasteiger partial charge in [-0.1, -0.05) is 12.1 Å². The van der Waals surface area contributed by atoms with E-state index in [1.54, 1.807) is 43.1 Å². The summed E-state index contributed by atoms with van der Waals surface area (Å²) in [5.74, 6) is -0.0561. The number of nitrogens with two attached hydrogens (primary N) is 1. The first-order chi connectivity index (χ1) is 9.80. The lowest BCUT2D eigenvalue weighted by Gasteiger charge is -2.23. The Labute approximate surface area is 126 Å². The standard InChI is InChI=1S/C14H23N3O3S/c1-4-21(19,20)16-10-12-5-7-13(8-6-12)14(18)17(3)11(2)9-15/h5-8,11,16H,4,9-10,15H2,1-3H3. The minimum absolute atomic E-state index is 0.0338. The summed E-state index contributed by atoms with van der Waals surface area (Å²) in [4.78, 5) is 13.8. The van der Waals surface area contributed by atoms with Crippen molar-refractivity contribution in [2.75, 3.05) is 19.3 Å². The zero-order chi connectivity index (χ0) is 16.0. The molecule has 0 heterocycles. The molecule has 7 heteroatoms. The number of hydrogen-bond acceptors (Lipinski definition) is 4. The summed E-state index contributed by atoms with van der Waals surface area (Å²) < 4.78 is 25.2. The molecule has 0 aliphatic heterocycles. The normalized spacial score (nSPS) is 13.0. The molecule has 0 fully saturated rings. The highest BCUT2D eigenvalue weighted by molar-refractivity contribution is 7.89. The number of benzene rings is 1. The van der Waals surface area contributed by atoms with Crippen LogP contribution in [-0.4, -0.2) is 44.6 Å². The first kappa shape index (κ1) is 17.6. The van der Waals surface area contributed by atoms with Gasteiger partial charge in [0.05, 0.1) is 5.75 Å². The third-order valence-electron chi connectivity index (χ3n) is 3.40. The lowest BCUT2D eigenvalue weighted by molar-refractivity contribution is 0.0748. The van der Waals surface area contributed by atoms with Gasteiger partial charge in [0.25, 0.3) is 5.91 Å². The van der Waals surface area contributed by atoms with Gasteiger partial charge in [0.1, 0.15) is 0 Å². The van der Waals surface area contributed by atoms with E-state index in [-0.39, 0.29) is 24.2 Å². The van der Waals surface area contributed by atoms with Crippen LogP contribution in [-0.2, 0) is 16.6 Å². The molecule has 6 nitrogen and oxygen atoms in total. The summed E-state index contributed by atoms with van der Waals surface area (Å²) in [6.07, 6.45) is 0. The van der Waals surface area contributed by atoms with Gasteiger partial charge >= 0.3 is 0 Å². The van der Waals surface area contributed by atoms with E-state index in [2.05, 4.69) is 4.72 Å². The van der Waals surface area contributed by atoms with Crippen LogP contribution in [0, 0.1) is 0 Å². The molecule has 1 aromatic rings. The number of rotatable bonds is 7. The van der Waals surface area contributed by atoms with Crippen molar-refractivity contribution in [1.82, 2.24) is 9.62 Å². The van der Waals surface area contributed by atoms with E-state index < -0.39 is 10.0 Å². The third kappa shape index (κ3) is 5.11. The fourth-order valence-electron chi connectivity index (χ4n) is 1.62. The fourth-order valence-corrected chi connectivity index (χ4v) is 2.21. The molecule has 118 valence electrons. The molecule has 0 aliphatic carbocycles. The van der Waals surface area contributed by atoms with Crippen LogP contribution in [0.1, 0.15) is 29.8 Å². The molecule has 1 unspecified atom stereocenters. The van der Waals surface area contributed by atoms with E-state index in [0.29, 0.717) is 12.1 Å². The monoisotopic (exact) mass is 313 g/mol. The number of carbonyl (C=O) groups is 1. The fraction of sp³-hybridized carbons (Fsp3) is 0.500. The zero-order valence-electron chi connectivity index (χ0n) is 12.7. The van der Waals surface area contributed by atoms with Crippen molar-refractivity contribution in [3.63, 3.8) is 0 Å². The van der Waals surface area contributed by atoms with Gasteiger partial charge in [-0.15, -0.1) is 0 Å². The second-order valence-corrected chi connectivity index (χ2v) is 7.02. The lowest BCUT2D eigenvalue weighted by Crippen LogP contribution is -2.39. The Hall–Kier alpha value is -1.44. The van der Waals surface area contributed by atoms with Crippen LogP contribution in [0.3, 0.4) is 0 Å². The summed E-state index contributed by atoms with van der Waals surface area (Å²) in [6, 6.07) is 6.84. The number of nitrogens with zero attached hydrogens (tertiary/aromatic N) is 1. The molecular weight excluding hydrogens is 290 g/mol. The van der Waals surface area contributed by atoms with Crippen molar-refractivity contribution < 1.29 is 13.2 Å². The van der Waals surface area contributed by atoms with Crippen LogP contribution in [0.15, 0.2) is 24.3 Å². The van der Waals surface area contributed by atoms with Crippen LogP contribution in [0.5, 0.6) is 0 Å². The van der Waals surface area contributed by atoms with Crippen molar-refractivity contribution >= 4 is 15.9 Å². The summed E-state index contributed by atoms with van der Waals surface area (Å²) in [6.45, 7) is 4.09. The van der Waals surface area contributed by atoms with E-state index in [4.69, 9.17) is 5.73 Å². The maximum atomic E-state index is 12.2. The second-order valence-electron chi connectivity index (χ2n) is 4.92. The first-order valence-corrected chi connectivity index (χ1v) is 8.49. The highest BCUT2D eigenvalue weighted by atomic mass is 32.2. The van der Waals surface area contributed by atoms with Gasteiger partial charge in [-0.3, -0.25) is 4.79 Å². The molecule has 1 amide bonds. The molecule has 1 aromatic carbocycles. The van der Waals surface area contributed by atoms with Crippen LogP contribution in [0.25, 0.3) is 0 Å². The minimum atomic E-state index is -3.21. The SMILES string of the molecule is CCS(=O)(=O)NCc1ccc(C(=O)N(C)C(C)CN)cc1. The predicted molar refractivity (Wildman–Crippen MR) is 83.4 cm³/mol. The lowest BCUT2D eigenvalue weighted by atomic mass is 10.1. The van der Waals surface area contributed by atoms with Gasteiger partial charge in [-0.05, 0) is 31.5 Å². The quantitative estimate of drug-likeness (QED) is 0.768. The molecule has 1 atom stereocenters. The van der Waals surface area contributed by atoms with Crippen LogP contribution >= 0.6 is 0 Å². The van der Waals surface area contributed by atoms with Gasteiger partial charge in [0.15, 0.2) is 0 Å². The number of amides is 1. The molecule has 0 saturated carbocycles. The molecule has 21 heavy (non-hydrogen) atoms. The van der Waals surface area contributed by atoms with E-state index in [0.717, 1.165) is 5.56 Å². The number of nitrogens with one attached hydrogen (secondary N) is 1. The van der Waals surface area contributed by atoms with Gasteiger partial charge in [0, 0.05) is 31.7 Å². The van der Waals surface area contributed by atoms with E-state index in [1.807, 2.05) is 6.92 Å². The average Bonchev–Trinajstić information content (AvgIpc) is 2.51. The van der Waals surface area contributed by atoms with Gasteiger partial charge in [0.2, 0.25) is 10.0 Å². The largest absolute Gasteiger partial charge is 0.338 e. The molecular formula is C14H23N3O3S. The molecule has 0 aromatic heterocycles. The van der Waals surface area contributed by atoms with Crippen molar-refractivity contribution in [3.05, 3.63) is 35.4 Å².